The quantitative estimate of drug-likeness (QED) is 0.853. The van der Waals surface area contributed by atoms with Gasteiger partial charge in [-0.15, -0.1) is 11.3 Å². The van der Waals surface area contributed by atoms with Gasteiger partial charge < -0.3 is 4.90 Å². The van der Waals surface area contributed by atoms with Gasteiger partial charge in [-0.2, -0.15) is 5.26 Å². The van der Waals surface area contributed by atoms with Crippen LogP contribution in [0.15, 0.2) is 30.5 Å². The lowest BCUT2D eigenvalue weighted by Crippen LogP contribution is -2.16. The Kier molecular flexibility index (Phi) is 3.62. The van der Waals surface area contributed by atoms with Gasteiger partial charge in [0.1, 0.15) is 5.82 Å². The van der Waals surface area contributed by atoms with Gasteiger partial charge in [-0.3, -0.25) is 0 Å². The second-order valence-corrected chi connectivity index (χ2v) is 5.38. The second-order valence-electron chi connectivity index (χ2n) is 3.58. The van der Waals surface area contributed by atoms with E-state index in [1.807, 2.05) is 24.1 Å². The Morgan fingerprint density at radius 1 is 1.47 bits per heavy atom. The van der Waals surface area contributed by atoms with Crippen molar-refractivity contribution in [3.05, 3.63) is 45.2 Å². The molecule has 0 fully saturated rings. The minimum absolute atomic E-state index is 0.617. The molecular weight excluding hydrogens is 254 g/mol. The summed E-state index contributed by atoms with van der Waals surface area (Å²) in [6, 6.07) is 9.45. The van der Waals surface area contributed by atoms with Gasteiger partial charge in [-0.25, -0.2) is 4.98 Å². The normalized spacial score (nSPS) is 9.94. The van der Waals surface area contributed by atoms with E-state index in [1.54, 1.807) is 29.7 Å². The third-order valence-electron chi connectivity index (χ3n) is 2.29. The van der Waals surface area contributed by atoms with Crippen molar-refractivity contribution >= 4 is 28.8 Å². The first kappa shape index (κ1) is 11.9. The number of hydrogen-bond donors (Lipinski definition) is 0. The van der Waals surface area contributed by atoms with Crippen molar-refractivity contribution in [2.75, 3.05) is 11.9 Å². The summed E-state index contributed by atoms with van der Waals surface area (Å²) in [7, 11) is 1.94. The molecule has 0 aliphatic carbocycles. The van der Waals surface area contributed by atoms with E-state index in [1.165, 1.54) is 4.88 Å². The second kappa shape index (κ2) is 5.17. The van der Waals surface area contributed by atoms with Crippen molar-refractivity contribution in [3.8, 4) is 6.07 Å². The monoisotopic (exact) mass is 263 g/mol. The lowest BCUT2D eigenvalue weighted by atomic mass is 10.3. The van der Waals surface area contributed by atoms with E-state index in [4.69, 9.17) is 16.9 Å². The molecule has 0 amide bonds. The molecule has 0 saturated carbocycles. The van der Waals surface area contributed by atoms with E-state index in [9.17, 15) is 0 Å². The highest BCUT2D eigenvalue weighted by molar-refractivity contribution is 7.16. The van der Waals surface area contributed by atoms with Crippen LogP contribution in [0.4, 0.5) is 5.82 Å². The summed E-state index contributed by atoms with van der Waals surface area (Å²) < 4.78 is 0.784. The van der Waals surface area contributed by atoms with Gasteiger partial charge in [0.05, 0.1) is 22.5 Å². The number of aromatic nitrogens is 1. The Morgan fingerprint density at radius 2 is 2.29 bits per heavy atom. The minimum Gasteiger partial charge on any atom is -0.355 e. The van der Waals surface area contributed by atoms with Gasteiger partial charge in [-0.05, 0) is 24.3 Å². The van der Waals surface area contributed by atoms with Crippen LogP contribution >= 0.6 is 22.9 Å². The molecule has 0 aromatic carbocycles. The van der Waals surface area contributed by atoms with E-state index in [2.05, 4.69) is 11.1 Å². The molecule has 0 radical (unpaired) electrons. The molecule has 0 N–H and O–H groups in total. The number of thiophene rings is 1. The molecule has 86 valence electrons. The fourth-order valence-corrected chi connectivity index (χ4v) is 2.59. The molecule has 2 rings (SSSR count). The van der Waals surface area contributed by atoms with Crippen molar-refractivity contribution in [2.24, 2.45) is 0 Å². The molecule has 0 aliphatic heterocycles. The third-order valence-corrected chi connectivity index (χ3v) is 3.50. The van der Waals surface area contributed by atoms with Gasteiger partial charge in [0, 0.05) is 18.1 Å². The number of pyridine rings is 1. The standard InChI is InChI=1S/C12H10ClN3S/c1-16(8-10-2-3-11(13)17-10)12-6-9(7-14)4-5-15-12/h2-6H,8H2,1H3. The summed E-state index contributed by atoms with van der Waals surface area (Å²) in [4.78, 5) is 7.39. The summed E-state index contributed by atoms with van der Waals surface area (Å²) in [5, 5.41) is 8.83. The SMILES string of the molecule is CN(Cc1ccc(Cl)s1)c1cc(C#N)ccn1. The smallest absolute Gasteiger partial charge is 0.129 e. The zero-order valence-corrected chi connectivity index (χ0v) is 10.8. The number of rotatable bonds is 3. The van der Waals surface area contributed by atoms with Crippen molar-refractivity contribution in [1.82, 2.24) is 4.98 Å². The third kappa shape index (κ3) is 2.96. The topological polar surface area (TPSA) is 39.9 Å². The zero-order valence-electron chi connectivity index (χ0n) is 9.22. The Labute approximate surface area is 109 Å². The molecule has 0 unspecified atom stereocenters. The Morgan fingerprint density at radius 3 is 2.94 bits per heavy atom. The van der Waals surface area contributed by atoms with E-state index in [0.717, 1.165) is 16.7 Å². The van der Waals surface area contributed by atoms with Crippen LogP contribution in [-0.4, -0.2) is 12.0 Å². The van der Waals surface area contributed by atoms with Crippen LogP contribution in [0.3, 0.4) is 0 Å². The molecule has 0 saturated heterocycles. The van der Waals surface area contributed by atoms with E-state index < -0.39 is 0 Å². The lowest BCUT2D eigenvalue weighted by molar-refractivity contribution is 0.912. The van der Waals surface area contributed by atoms with Crippen molar-refractivity contribution in [3.63, 3.8) is 0 Å². The summed E-state index contributed by atoms with van der Waals surface area (Å²) >= 11 is 7.43. The molecule has 3 nitrogen and oxygen atoms in total. The minimum atomic E-state index is 0.617. The number of nitrogens with zero attached hydrogens (tertiary/aromatic N) is 3. The van der Waals surface area contributed by atoms with E-state index >= 15 is 0 Å². The highest BCUT2D eigenvalue weighted by atomic mass is 35.5. The molecule has 2 heterocycles. The Hall–Kier alpha value is -1.57. The van der Waals surface area contributed by atoms with Crippen LogP contribution in [0.1, 0.15) is 10.4 Å². The Bertz CT molecular complexity index is 559. The van der Waals surface area contributed by atoms with Gasteiger partial charge in [0.2, 0.25) is 0 Å². The number of anilines is 1. The molecule has 5 heteroatoms. The van der Waals surface area contributed by atoms with E-state index in [-0.39, 0.29) is 0 Å². The first-order valence-corrected chi connectivity index (χ1v) is 6.20. The molecule has 0 spiro atoms. The van der Waals surface area contributed by atoms with Gasteiger partial charge >= 0.3 is 0 Å². The van der Waals surface area contributed by atoms with Crippen LogP contribution in [0, 0.1) is 11.3 Å². The predicted octanol–water partition coefficient (Wildman–Crippen LogP) is 3.30. The maximum absolute atomic E-state index is 8.83. The lowest BCUT2D eigenvalue weighted by Gasteiger charge is -2.16. The summed E-state index contributed by atoms with van der Waals surface area (Å²) in [5.41, 5.74) is 0.617. The highest BCUT2D eigenvalue weighted by Gasteiger charge is 2.06. The maximum Gasteiger partial charge on any atom is 0.129 e. The van der Waals surface area contributed by atoms with Crippen molar-refractivity contribution in [1.29, 1.82) is 5.26 Å². The van der Waals surface area contributed by atoms with Gasteiger partial charge in [0.15, 0.2) is 0 Å². The number of hydrogen-bond acceptors (Lipinski definition) is 4. The molecule has 2 aromatic heterocycles. The molecular formula is C12H10ClN3S. The summed E-state index contributed by atoms with van der Waals surface area (Å²) in [6.07, 6.45) is 1.64. The largest absolute Gasteiger partial charge is 0.355 e. The first-order valence-electron chi connectivity index (χ1n) is 5.00. The van der Waals surface area contributed by atoms with Crippen LogP contribution in [-0.2, 0) is 6.54 Å². The summed E-state index contributed by atoms with van der Waals surface area (Å²) in [5.74, 6) is 0.786. The summed E-state index contributed by atoms with van der Waals surface area (Å²) in [6.45, 7) is 0.735. The maximum atomic E-state index is 8.83. The number of nitriles is 1. The highest BCUT2D eigenvalue weighted by Crippen LogP contribution is 2.23. The van der Waals surface area contributed by atoms with Crippen LogP contribution in [0.2, 0.25) is 4.34 Å². The van der Waals surface area contributed by atoms with Gasteiger partial charge in [-0.1, -0.05) is 11.6 Å². The molecule has 0 bridgehead atoms. The molecule has 0 aliphatic rings. The van der Waals surface area contributed by atoms with Crippen LogP contribution < -0.4 is 4.90 Å². The van der Waals surface area contributed by atoms with Gasteiger partial charge in [0.25, 0.3) is 0 Å². The Balaban J connectivity index is 2.14. The average molecular weight is 264 g/mol. The van der Waals surface area contributed by atoms with Crippen LogP contribution in [0.25, 0.3) is 0 Å². The fraction of sp³-hybridized carbons (Fsp3) is 0.167. The molecule has 0 atom stereocenters. The first-order chi connectivity index (χ1) is 8.19. The van der Waals surface area contributed by atoms with Crippen LogP contribution in [0.5, 0.6) is 0 Å². The van der Waals surface area contributed by atoms with Crippen molar-refractivity contribution in [2.45, 2.75) is 6.54 Å². The van der Waals surface area contributed by atoms with Crippen molar-refractivity contribution < 1.29 is 0 Å². The number of halogens is 1. The zero-order chi connectivity index (χ0) is 12.3. The predicted molar refractivity (Wildman–Crippen MR) is 70.4 cm³/mol. The molecule has 17 heavy (non-hydrogen) atoms. The fourth-order valence-electron chi connectivity index (χ4n) is 1.45. The van der Waals surface area contributed by atoms with E-state index in [0.29, 0.717) is 5.56 Å². The molecule has 2 aromatic rings. The average Bonchev–Trinajstić information content (AvgIpc) is 2.75.